The van der Waals surface area contributed by atoms with E-state index >= 15 is 0 Å². The van der Waals surface area contributed by atoms with Gasteiger partial charge in [0.2, 0.25) is 5.91 Å². The Balaban J connectivity index is 1.91. The molecular formula is C16H23N5O. The molecule has 0 unspecified atom stereocenters. The lowest BCUT2D eigenvalue weighted by Crippen LogP contribution is -2.39. The minimum Gasteiger partial charge on any atom is -0.369 e. The molecule has 1 aliphatic rings. The topological polar surface area (TPSA) is 76.5 Å². The predicted molar refractivity (Wildman–Crippen MR) is 85.8 cm³/mol. The Labute approximate surface area is 130 Å². The number of nitrogens with zero attached hydrogens (tertiary/aromatic N) is 4. The van der Waals surface area contributed by atoms with Crippen molar-refractivity contribution in [3.05, 3.63) is 24.2 Å². The fourth-order valence-electron chi connectivity index (χ4n) is 2.89. The van der Waals surface area contributed by atoms with Crippen LogP contribution in [0.15, 0.2) is 18.5 Å². The summed E-state index contributed by atoms with van der Waals surface area (Å²) >= 11 is 0. The van der Waals surface area contributed by atoms with E-state index in [4.69, 9.17) is 5.73 Å². The number of primary amides is 1. The Bertz CT molecular complexity index is 692. The molecule has 0 bridgehead atoms. The number of amides is 1. The van der Waals surface area contributed by atoms with E-state index < -0.39 is 0 Å². The molecule has 1 aliphatic heterocycles. The van der Waals surface area contributed by atoms with Crippen LogP contribution in [0.5, 0.6) is 0 Å². The number of aromatic nitrogens is 3. The van der Waals surface area contributed by atoms with E-state index in [9.17, 15) is 4.79 Å². The molecular weight excluding hydrogens is 278 g/mol. The Morgan fingerprint density at radius 2 is 2.00 bits per heavy atom. The summed E-state index contributed by atoms with van der Waals surface area (Å²) in [7, 11) is 0. The molecule has 0 aromatic carbocycles. The van der Waals surface area contributed by atoms with Gasteiger partial charge in [-0.25, -0.2) is 9.50 Å². The average molecular weight is 301 g/mol. The Hall–Kier alpha value is -2.11. The summed E-state index contributed by atoms with van der Waals surface area (Å²) < 4.78 is 1.89. The van der Waals surface area contributed by atoms with Crippen molar-refractivity contribution < 1.29 is 4.79 Å². The van der Waals surface area contributed by atoms with Crippen molar-refractivity contribution in [2.24, 2.45) is 11.7 Å². The van der Waals surface area contributed by atoms with Crippen molar-refractivity contribution >= 4 is 17.2 Å². The third kappa shape index (κ3) is 2.65. The molecule has 0 radical (unpaired) electrons. The van der Waals surface area contributed by atoms with E-state index in [2.05, 4.69) is 41.8 Å². The zero-order chi connectivity index (χ0) is 15.9. The van der Waals surface area contributed by atoms with E-state index in [1.807, 2.05) is 10.7 Å². The average Bonchev–Trinajstić information content (AvgIpc) is 2.91. The summed E-state index contributed by atoms with van der Waals surface area (Å²) in [6, 6.07) is 2.11. The largest absolute Gasteiger partial charge is 0.369 e. The van der Waals surface area contributed by atoms with Gasteiger partial charge in [-0.2, -0.15) is 5.10 Å². The molecule has 3 rings (SSSR count). The molecule has 3 heterocycles. The normalized spacial score (nSPS) is 17.1. The first kappa shape index (κ1) is 14.8. The van der Waals surface area contributed by atoms with Crippen LogP contribution in [-0.2, 0) is 10.2 Å². The van der Waals surface area contributed by atoms with Gasteiger partial charge < -0.3 is 10.6 Å². The third-order valence-corrected chi connectivity index (χ3v) is 4.33. The van der Waals surface area contributed by atoms with Gasteiger partial charge in [0.1, 0.15) is 5.52 Å². The van der Waals surface area contributed by atoms with Crippen LogP contribution in [0.4, 0.5) is 5.82 Å². The second kappa shape index (κ2) is 5.26. The molecule has 0 spiro atoms. The molecule has 0 saturated carbocycles. The number of fused-ring (bicyclic) bond motifs is 1. The molecule has 2 aromatic heterocycles. The maximum atomic E-state index is 11.3. The van der Waals surface area contributed by atoms with Gasteiger partial charge in [0.15, 0.2) is 5.82 Å². The first-order valence-electron chi connectivity index (χ1n) is 7.75. The summed E-state index contributed by atoms with van der Waals surface area (Å²) in [5.74, 6) is 0.740. The standard InChI is InChI=1S/C16H23N5O/c1-16(2,3)13-10-12-15(18-6-9-21(12)19-13)20-7-4-11(5-8-20)14(17)22/h6,9-11H,4-5,7-8H2,1-3H3,(H2,17,22). The highest BCUT2D eigenvalue weighted by molar-refractivity contribution is 5.77. The van der Waals surface area contributed by atoms with Crippen LogP contribution < -0.4 is 10.6 Å². The highest BCUT2D eigenvalue weighted by Gasteiger charge is 2.26. The quantitative estimate of drug-likeness (QED) is 0.916. The van der Waals surface area contributed by atoms with E-state index in [1.54, 1.807) is 6.20 Å². The number of piperidine rings is 1. The van der Waals surface area contributed by atoms with Gasteiger partial charge in [0.25, 0.3) is 0 Å². The fraction of sp³-hybridized carbons (Fsp3) is 0.562. The van der Waals surface area contributed by atoms with Gasteiger partial charge >= 0.3 is 0 Å². The monoisotopic (exact) mass is 301 g/mol. The summed E-state index contributed by atoms with van der Waals surface area (Å²) in [6.45, 7) is 8.06. The molecule has 0 atom stereocenters. The van der Waals surface area contributed by atoms with Crippen LogP contribution in [-0.4, -0.2) is 33.6 Å². The predicted octanol–water partition coefficient (Wildman–Crippen LogP) is 1.73. The molecule has 1 saturated heterocycles. The van der Waals surface area contributed by atoms with Crippen molar-refractivity contribution in [2.45, 2.75) is 39.0 Å². The van der Waals surface area contributed by atoms with Gasteiger partial charge in [0, 0.05) is 36.8 Å². The second-order valence-electron chi connectivity index (χ2n) is 7.02. The number of anilines is 1. The van der Waals surface area contributed by atoms with Gasteiger partial charge in [-0.1, -0.05) is 20.8 Å². The van der Waals surface area contributed by atoms with Gasteiger partial charge in [-0.15, -0.1) is 0 Å². The third-order valence-electron chi connectivity index (χ3n) is 4.33. The van der Waals surface area contributed by atoms with Crippen LogP contribution in [0.3, 0.4) is 0 Å². The lowest BCUT2D eigenvalue weighted by molar-refractivity contribution is -0.122. The van der Waals surface area contributed by atoms with E-state index in [-0.39, 0.29) is 17.2 Å². The van der Waals surface area contributed by atoms with Crippen LogP contribution in [0.25, 0.3) is 5.52 Å². The summed E-state index contributed by atoms with van der Waals surface area (Å²) in [5.41, 5.74) is 7.48. The Morgan fingerprint density at radius 1 is 1.32 bits per heavy atom. The van der Waals surface area contributed by atoms with Gasteiger partial charge in [-0.3, -0.25) is 4.79 Å². The SMILES string of the molecule is CC(C)(C)c1cc2c(N3CCC(C(N)=O)CC3)nccn2n1. The van der Waals surface area contributed by atoms with Crippen molar-refractivity contribution in [3.8, 4) is 0 Å². The number of hydrogen-bond acceptors (Lipinski definition) is 4. The highest BCUT2D eigenvalue weighted by Crippen LogP contribution is 2.28. The zero-order valence-corrected chi connectivity index (χ0v) is 13.4. The lowest BCUT2D eigenvalue weighted by Gasteiger charge is -2.31. The van der Waals surface area contributed by atoms with E-state index in [1.165, 1.54) is 0 Å². The van der Waals surface area contributed by atoms with Crippen molar-refractivity contribution in [1.82, 2.24) is 14.6 Å². The minimum absolute atomic E-state index is 0.00223. The van der Waals surface area contributed by atoms with E-state index in [0.29, 0.717) is 0 Å². The van der Waals surface area contributed by atoms with Crippen molar-refractivity contribution in [1.29, 1.82) is 0 Å². The number of hydrogen-bond donors (Lipinski definition) is 1. The minimum atomic E-state index is -0.190. The smallest absolute Gasteiger partial charge is 0.220 e. The van der Waals surface area contributed by atoms with E-state index in [0.717, 1.165) is 43.0 Å². The number of carbonyl (C=O) groups is 1. The molecule has 2 N–H and O–H groups in total. The molecule has 1 amide bonds. The first-order valence-corrected chi connectivity index (χ1v) is 7.75. The molecule has 118 valence electrons. The zero-order valence-electron chi connectivity index (χ0n) is 13.4. The molecule has 0 aliphatic carbocycles. The van der Waals surface area contributed by atoms with Gasteiger partial charge in [0.05, 0.1) is 5.69 Å². The Morgan fingerprint density at radius 3 is 2.59 bits per heavy atom. The van der Waals surface area contributed by atoms with Crippen LogP contribution >= 0.6 is 0 Å². The summed E-state index contributed by atoms with van der Waals surface area (Å²) in [4.78, 5) is 18.1. The Kier molecular flexibility index (Phi) is 3.54. The molecule has 1 fully saturated rings. The second-order valence-corrected chi connectivity index (χ2v) is 7.02. The molecule has 22 heavy (non-hydrogen) atoms. The molecule has 6 heteroatoms. The maximum absolute atomic E-state index is 11.3. The van der Waals surface area contributed by atoms with Crippen molar-refractivity contribution in [3.63, 3.8) is 0 Å². The summed E-state index contributed by atoms with van der Waals surface area (Å²) in [5, 5.41) is 4.66. The number of carbonyl (C=O) groups excluding carboxylic acids is 1. The fourth-order valence-corrected chi connectivity index (χ4v) is 2.89. The first-order chi connectivity index (χ1) is 10.4. The maximum Gasteiger partial charge on any atom is 0.220 e. The number of nitrogens with two attached hydrogens (primary N) is 1. The molecule has 6 nitrogen and oxygen atoms in total. The van der Waals surface area contributed by atoms with Crippen molar-refractivity contribution in [2.75, 3.05) is 18.0 Å². The molecule has 2 aromatic rings. The highest BCUT2D eigenvalue weighted by atomic mass is 16.1. The van der Waals surface area contributed by atoms with Crippen LogP contribution in [0, 0.1) is 5.92 Å². The number of rotatable bonds is 2. The van der Waals surface area contributed by atoms with Crippen LogP contribution in [0.2, 0.25) is 0 Å². The lowest BCUT2D eigenvalue weighted by atomic mass is 9.92. The summed E-state index contributed by atoms with van der Waals surface area (Å²) in [6.07, 6.45) is 5.24. The van der Waals surface area contributed by atoms with Crippen LogP contribution in [0.1, 0.15) is 39.3 Å². The van der Waals surface area contributed by atoms with Gasteiger partial charge in [-0.05, 0) is 18.9 Å².